The first-order valence-electron chi connectivity index (χ1n) is 12.0. The van der Waals surface area contributed by atoms with E-state index in [4.69, 9.17) is 9.53 Å². The number of aldehydes is 1. The van der Waals surface area contributed by atoms with E-state index < -0.39 is 48.2 Å². The number of nitrogens with one attached hydrogen (secondary N) is 2. The van der Waals surface area contributed by atoms with E-state index in [9.17, 15) is 35.9 Å². The van der Waals surface area contributed by atoms with Crippen molar-refractivity contribution < 1.29 is 45.5 Å². The quantitative estimate of drug-likeness (QED) is 0.199. The van der Waals surface area contributed by atoms with Crippen molar-refractivity contribution in [3.8, 4) is 0 Å². The maximum Gasteiger partial charge on any atom is 0.446 e. The number of methoxy groups -OCH3 is 1. The molecule has 0 radical (unpaired) electrons. The summed E-state index contributed by atoms with van der Waals surface area (Å²) in [6.07, 6.45) is -9.92. The Balaban J connectivity index is 0.000000840. The minimum Gasteiger partial charge on any atom is -0.467 e. The van der Waals surface area contributed by atoms with E-state index in [1.54, 1.807) is 13.8 Å². The molecule has 0 fully saturated rings. The zero-order valence-corrected chi connectivity index (χ0v) is 21.8. The van der Waals surface area contributed by atoms with E-state index in [1.165, 1.54) is 19.2 Å². The van der Waals surface area contributed by atoms with Crippen LogP contribution in [0.1, 0.15) is 25.0 Å². The summed E-state index contributed by atoms with van der Waals surface area (Å²) < 4.78 is 74.7. The molecule has 0 heterocycles. The lowest BCUT2D eigenvalue weighted by Crippen LogP contribution is -2.50. The molecule has 0 aliphatic carbocycles. The predicted molar refractivity (Wildman–Crippen MR) is 137 cm³/mol. The van der Waals surface area contributed by atoms with Crippen LogP contribution in [0.4, 0.5) is 32.0 Å². The highest BCUT2D eigenvalue weighted by molar-refractivity contribution is 5.91. The van der Waals surface area contributed by atoms with Crippen LogP contribution in [0.3, 0.4) is 0 Å². The van der Waals surface area contributed by atoms with Gasteiger partial charge >= 0.3 is 18.3 Å². The highest BCUT2D eigenvalue weighted by atomic mass is 19.4. The van der Waals surface area contributed by atoms with Gasteiger partial charge in [0.15, 0.2) is 0 Å². The lowest BCUT2D eigenvalue weighted by atomic mass is 9.97. The molecule has 6 nitrogen and oxygen atoms in total. The fourth-order valence-electron chi connectivity index (χ4n) is 3.76. The molecule has 3 rings (SSSR count). The summed E-state index contributed by atoms with van der Waals surface area (Å²) in [5, 5.41) is 7.73. The number of ether oxygens (including phenoxy) is 1. The van der Waals surface area contributed by atoms with Gasteiger partial charge in [0.25, 0.3) is 0 Å². The summed E-state index contributed by atoms with van der Waals surface area (Å²) in [5.74, 6) is -1.25. The van der Waals surface area contributed by atoms with Gasteiger partial charge in [0, 0.05) is 12.1 Å². The minimum absolute atomic E-state index is 0.210. The molecule has 0 aliphatic heterocycles. The molecule has 0 bridgehead atoms. The second-order valence-corrected chi connectivity index (χ2v) is 9.03. The summed E-state index contributed by atoms with van der Waals surface area (Å²) in [5.41, 5.74) is 0.473. The summed E-state index contributed by atoms with van der Waals surface area (Å²) >= 11 is 0. The Hall–Kier alpha value is -4.09. The maximum absolute atomic E-state index is 13.1. The first kappa shape index (κ1) is 32.1. The Morgan fingerprint density at radius 1 is 0.900 bits per heavy atom. The molecule has 3 aromatic carbocycles. The van der Waals surface area contributed by atoms with Gasteiger partial charge in [0.1, 0.15) is 12.1 Å². The molecule has 1 amide bonds. The summed E-state index contributed by atoms with van der Waals surface area (Å²) in [7, 11) is 1.25. The SMILES string of the molecule is COC(=O)[C@H](Cc1cccc2ccccc12)NC(=O)[C@H](Nc1ccc(C(F)(F)F)cc1)C(C)C.O=CC(F)(F)F. The Bertz CT molecular complexity index is 1290. The van der Waals surface area contributed by atoms with Gasteiger partial charge in [-0.1, -0.05) is 56.3 Å². The number of halogens is 6. The van der Waals surface area contributed by atoms with E-state index in [1.807, 2.05) is 42.5 Å². The number of fused-ring (bicyclic) bond motifs is 1. The van der Waals surface area contributed by atoms with Crippen LogP contribution in [-0.4, -0.2) is 43.5 Å². The number of esters is 1. The van der Waals surface area contributed by atoms with Gasteiger partial charge in [0.05, 0.1) is 12.7 Å². The van der Waals surface area contributed by atoms with Crippen LogP contribution < -0.4 is 10.6 Å². The van der Waals surface area contributed by atoms with Crippen LogP contribution in [0.2, 0.25) is 0 Å². The van der Waals surface area contributed by atoms with Gasteiger partial charge in [-0.2, -0.15) is 26.3 Å². The highest BCUT2D eigenvalue weighted by Gasteiger charge is 2.31. The molecule has 0 aromatic heterocycles. The molecular formula is C28H28F6N2O4. The number of hydrogen-bond acceptors (Lipinski definition) is 5. The third-order valence-electron chi connectivity index (χ3n) is 5.72. The fraction of sp³-hybridized carbons (Fsp3) is 0.321. The van der Waals surface area contributed by atoms with E-state index >= 15 is 0 Å². The van der Waals surface area contributed by atoms with E-state index in [0.717, 1.165) is 28.5 Å². The van der Waals surface area contributed by atoms with Crippen molar-refractivity contribution in [3.63, 3.8) is 0 Å². The lowest BCUT2D eigenvalue weighted by molar-refractivity contribution is -0.156. The molecule has 0 spiro atoms. The minimum atomic E-state index is -4.64. The number of carbonyl (C=O) groups excluding carboxylic acids is 3. The van der Waals surface area contributed by atoms with Crippen molar-refractivity contribution in [1.82, 2.24) is 5.32 Å². The monoisotopic (exact) mass is 570 g/mol. The first-order chi connectivity index (χ1) is 18.7. The fourth-order valence-corrected chi connectivity index (χ4v) is 3.76. The second kappa shape index (κ2) is 13.8. The average Bonchev–Trinajstić information content (AvgIpc) is 2.90. The molecule has 0 aliphatic rings. The van der Waals surface area contributed by atoms with E-state index in [0.29, 0.717) is 5.69 Å². The lowest BCUT2D eigenvalue weighted by Gasteiger charge is -2.26. The molecule has 2 N–H and O–H groups in total. The van der Waals surface area contributed by atoms with Gasteiger partial charge in [-0.3, -0.25) is 9.59 Å². The third kappa shape index (κ3) is 9.58. The van der Waals surface area contributed by atoms with Crippen molar-refractivity contribution in [2.75, 3.05) is 12.4 Å². The molecule has 216 valence electrons. The Morgan fingerprint density at radius 2 is 1.48 bits per heavy atom. The standard InChI is InChI=1S/C26H27F3N2O3.C2HF3O/c1-16(2)23(30-20-13-11-19(12-14-20)26(27,28)29)24(32)31-22(25(33)34-3)15-18-9-6-8-17-7-4-5-10-21(17)18;3-2(4,5)1-6/h4-14,16,22-23,30H,15H2,1-3H3,(H,31,32);1H/t22-,23+;/m0./s1. The van der Waals surface area contributed by atoms with E-state index in [-0.39, 0.29) is 12.3 Å². The van der Waals surface area contributed by atoms with Gasteiger partial charge in [-0.25, -0.2) is 4.79 Å². The van der Waals surface area contributed by atoms with Crippen molar-refractivity contribution in [3.05, 3.63) is 77.9 Å². The van der Waals surface area contributed by atoms with Crippen molar-refractivity contribution in [2.45, 2.75) is 44.7 Å². The Labute approximate surface area is 226 Å². The predicted octanol–water partition coefficient (Wildman–Crippen LogP) is 5.94. The van der Waals surface area contributed by atoms with Gasteiger partial charge < -0.3 is 15.4 Å². The zero-order chi connectivity index (χ0) is 30.1. The van der Waals surface area contributed by atoms with Gasteiger partial charge in [-0.05, 0) is 46.5 Å². The van der Waals surface area contributed by atoms with E-state index in [2.05, 4.69) is 10.6 Å². The molecule has 0 unspecified atom stereocenters. The number of benzene rings is 3. The Morgan fingerprint density at radius 3 is 2.00 bits per heavy atom. The topological polar surface area (TPSA) is 84.5 Å². The smallest absolute Gasteiger partial charge is 0.446 e. The summed E-state index contributed by atoms with van der Waals surface area (Å²) in [6.45, 7) is 3.61. The van der Waals surface area contributed by atoms with Crippen LogP contribution in [0.25, 0.3) is 10.8 Å². The third-order valence-corrected chi connectivity index (χ3v) is 5.72. The van der Waals surface area contributed by atoms with Crippen LogP contribution in [0.15, 0.2) is 66.7 Å². The molecular weight excluding hydrogens is 542 g/mol. The number of amides is 1. The first-order valence-corrected chi connectivity index (χ1v) is 12.0. The van der Waals surface area contributed by atoms with Crippen LogP contribution in [0, 0.1) is 5.92 Å². The highest BCUT2D eigenvalue weighted by Crippen LogP contribution is 2.30. The maximum atomic E-state index is 13.1. The molecule has 40 heavy (non-hydrogen) atoms. The molecule has 3 aromatic rings. The number of alkyl halides is 6. The number of anilines is 1. The number of hydrogen-bond donors (Lipinski definition) is 2. The van der Waals surface area contributed by atoms with Crippen LogP contribution in [-0.2, 0) is 31.7 Å². The number of carbonyl (C=O) groups is 3. The summed E-state index contributed by atoms with van der Waals surface area (Å²) in [4.78, 5) is 34.3. The zero-order valence-electron chi connectivity index (χ0n) is 21.8. The molecule has 12 heteroatoms. The average molecular weight is 571 g/mol. The number of rotatable bonds is 8. The van der Waals surface area contributed by atoms with Crippen molar-refractivity contribution in [1.29, 1.82) is 0 Å². The van der Waals surface area contributed by atoms with Crippen LogP contribution >= 0.6 is 0 Å². The van der Waals surface area contributed by atoms with Crippen molar-refractivity contribution in [2.24, 2.45) is 5.92 Å². The molecule has 0 saturated heterocycles. The van der Waals surface area contributed by atoms with Gasteiger partial charge in [-0.15, -0.1) is 0 Å². The largest absolute Gasteiger partial charge is 0.467 e. The van der Waals surface area contributed by atoms with Crippen LogP contribution in [0.5, 0.6) is 0 Å². The van der Waals surface area contributed by atoms with Gasteiger partial charge in [0.2, 0.25) is 12.2 Å². The molecule has 0 saturated carbocycles. The normalized spacial score (nSPS) is 13.1. The molecule has 2 atom stereocenters. The summed E-state index contributed by atoms with van der Waals surface area (Å²) in [6, 6.07) is 16.2. The second-order valence-electron chi connectivity index (χ2n) is 9.03. The Kier molecular flexibility index (Phi) is 11.1. The van der Waals surface area contributed by atoms with Crippen molar-refractivity contribution >= 4 is 34.6 Å².